The zero-order chi connectivity index (χ0) is 23.7. The molecular weight excluding hydrogens is 483 g/mol. The lowest BCUT2D eigenvalue weighted by atomic mass is 10.1. The normalized spacial score (nSPS) is 10.1. The predicted molar refractivity (Wildman–Crippen MR) is 151 cm³/mol. The fourth-order valence-corrected chi connectivity index (χ4v) is 3.53. The van der Waals surface area contributed by atoms with Crippen molar-refractivity contribution in [3.8, 4) is 11.5 Å². The molecular formula is C27H42Cl2N4O2. The number of benzene rings is 2. The largest absolute Gasteiger partial charge is 0.494 e. The van der Waals surface area contributed by atoms with Gasteiger partial charge >= 0.3 is 0 Å². The number of ether oxygens (including phenoxy) is 2. The molecule has 0 heterocycles. The van der Waals surface area contributed by atoms with E-state index in [1.54, 1.807) is 0 Å². The Morgan fingerprint density at radius 3 is 1.17 bits per heavy atom. The van der Waals surface area contributed by atoms with Gasteiger partial charge < -0.3 is 20.9 Å². The lowest BCUT2D eigenvalue weighted by Gasteiger charge is -2.08. The Kier molecular flexibility index (Phi) is 18.4. The van der Waals surface area contributed by atoms with Crippen LogP contribution in [0.3, 0.4) is 0 Å². The summed E-state index contributed by atoms with van der Waals surface area (Å²) in [4.78, 5) is 0. The molecule has 0 spiro atoms. The maximum atomic E-state index is 7.29. The highest BCUT2D eigenvalue weighted by atomic mass is 35.5. The highest BCUT2D eigenvalue weighted by molar-refractivity contribution is 5.85. The van der Waals surface area contributed by atoms with E-state index in [-0.39, 0.29) is 36.5 Å². The molecule has 2 rings (SSSR count). The van der Waals surface area contributed by atoms with Crippen LogP contribution in [0.15, 0.2) is 48.5 Å². The number of amidine groups is 2. The van der Waals surface area contributed by atoms with Crippen LogP contribution in [-0.2, 0) is 12.8 Å². The summed E-state index contributed by atoms with van der Waals surface area (Å²) in [7, 11) is 0. The summed E-state index contributed by atoms with van der Waals surface area (Å²) in [5, 5.41) is 14.6. The Labute approximate surface area is 223 Å². The van der Waals surface area contributed by atoms with Crippen LogP contribution in [0.1, 0.15) is 68.9 Å². The first-order chi connectivity index (χ1) is 16.0. The summed E-state index contributed by atoms with van der Waals surface area (Å²) < 4.78 is 11.6. The Morgan fingerprint density at radius 1 is 0.543 bits per heavy atom. The van der Waals surface area contributed by atoms with E-state index < -0.39 is 0 Å². The highest BCUT2D eigenvalue weighted by Crippen LogP contribution is 2.16. The van der Waals surface area contributed by atoms with Crippen molar-refractivity contribution in [2.24, 2.45) is 11.5 Å². The van der Waals surface area contributed by atoms with Gasteiger partial charge in [0.2, 0.25) is 0 Å². The van der Waals surface area contributed by atoms with Gasteiger partial charge in [-0.1, -0.05) is 56.4 Å². The molecule has 8 heteroatoms. The first kappa shape index (κ1) is 32.6. The Morgan fingerprint density at radius 2 is 0.857 bits per heavy atom. The molecule has 2 aromatic carbocycles. The lowest BCUT2D eigenvalue weighted by molar-refractivity contribution is 0.299. The standard InChI is InChI=1S/C27H40N4O2.2ClH/c28-26(29)18-12-22-8-14-24(15-9-22)32-20-6-4-2-1-3-5-7-21-33-25-16-10-23(11-17-25)13-19-27(30)31;;/h8-11,14-17H,1-7,12-13,18-21H2,(H3,28,29)(H3,30,31);2*1H. The van der Waals surface area contributed by atoms with Crippen molar-refractivity contribution in [1.29, 1.82) is 10.8 Å². The van der Waals surface area contributed by atoms with Gasteiger partial charge in [-0.15, -0.1) is 24.8 Å². The molecule has 0 aromatic heterocycles. The van der Waals surface area contributed by atoms with Crippen LogP contribution in [-0.4, -0.2) is 24.9 Å². The molecule has 35 heavy (non-hydrogen) atoms. The number of hydrogen-bond acceptors (Lipinski definition) is 4. The average Bonchev–Trinajstić information content (AvgIpc) is 2.81. The summed E-state index contributed by atoms with van der Waals surface area (Å²) in [5.74, 6) is 2.28. The number of unbranched alkanes of at least 4 members (excludes halogenated alkanes) is 6. The number of rotatable bonds is 18. The summed E-state index contributed by atoms with van der Waals surface area (Å²) in [6.45, 7) is 1.52. The first-order valence-electron chi connectivity index (χ1n) is 12.1. The van der Waals surface area contributed by atoms with E-state index in [0.29, 0.717) is 12.8 Å². The van der Waals surface area contributed by atoms with Gasteiger partial charge in [-0.2, -0.15) is 0 Å². The van der Waals surface area contributed by atoms with Crippen molar-refractivity contribution in [2.45, 2.75) is 70.6 Å². The van der Waals surface area contributed by atoms with E-state index in [9.17, 15) is 0 Å². The van der Waals surface area contributed by atoms with E-state index in [4.69, 9.17) is 31.8 Å². The molecule has 0 radical (unpaired) electrons. The Balaban J connectivity index is 0.00000578. The van der Waals surface area contributed by atoms with Crippen molar-refractivity contribution in [3.63, 3.8) is 0 Å². The van der Waals surface area contributed by atoms with Gasteiger partial charge in [0.15, 0.2) is 0 Å². The average molecular weight is 526 g/mol. The third-order valence-electron chi connectivity index (χ3n) is 5.54. The minimum absolute atomic E-state index is 0. The molecule has 0 fully saturated rings. The second-order valence-corrected chi connectivity index (χ2v) is 8.51. The van der Waals surface area contributed by atoms with Crippen molar-refractivity contribution in [3.05, 3.63) is 59.7 Å². The van der Waals surface area contributed by atoms with Crippen LogP contribution in [0.25, 0.3) is 0 Å². The summed E-state index contributed by atoms with van der Waals surface area (Å²) in [5.41, 5.74) is 13.2. The molecule has 6 N–H and O–H groups in total. The van der Waals surface area contributed by atoms with Gasteiger partial charge in [0.1, 0.15) is 11.5 Å². The third-order valence-corrected chi connectivity index (χ3v) is 5.54. The molecule has 0 bridgehead atoms. The number of halogens is 2. The Bertz CT molecular complexity index is 761. The topological polar surface area (TPSA) is 118 Å². The maximum Gasteiger partial charge on any atom is 0.119 e. The highest BCUT2D eigenvalue weighted by Gasteiger charge is 2.00. The minimum atomic E-state index is 0. The lowest BCUT2D eigenvalue weighted by Crippen LogP contribution is -2.10. The summed E-state index contributed by atoms with van der Waals surface area (Å²) in [6.07, 6.45) is 11.1. The third kappa shape index (κ3) is 16.0. The zero-order valence-electron chi connectivity index (χ0n) is 20.6. The number of hydrogen-bond donors (Lipinski definition) is 4. The second-order valence-electron chi connectivity index (χ2n) is 8.51. The van der Waals surface area contributed by atoms with Gasteiger partial charge in [-0.3, -0.25) is 10.8 Å². The molecule has 6 nitrogen and oxygen atoms in total. The van der Waals surface area contributed by atoms with Crippen molar-refractivity contribution in [1.82, 2.24) is 0 Å². The molecule has 0 saturated carbocycles. The van der Waals surface area contributed by atoms with Crippen LogP contribution in [0, 0.1) is 10.8 Å². The zero-order valence-corrected chi connectivity index (χ0v) is 22.2. The first-order valence-corrected chi connectivity index (χ1v) is 12.1. The molecule has 0 atom stereocenters. The molecule has 2 aromatic rings. The molecule has 0 saturated heterocycles. The fraction of sp³-hybridized carbons (Fsp3) is 0.481. The minimum Gasteiger partial charge on any atom is -0.494 e. The molecule has 0 amide bonds. The number of nitrogens with two attached hydrogens (primary N) is 2. The molecule has 0 aliphatic rings. The van der Waals surface area contributed by atoms with Crippen LogP contribution in [0.5, 0.6) is 11.5 Å². The monoisotopic (exact) mass is 524 g/mol. The van der Waals surface area contributed by atoms with E-state index >= 15 is 0 Å². The van der Waals surface area contributed by atoms with Gasteiger partial charge in [0.05, 0.1) is 24.9 Å². The summed E-state index contributed by atoms with van der Waals surface area (Å²) >= 11 is 0. The molecule has 0 aliphatic carbocycles. The second kappa shape index (κ2) is 19.8. The quantitative estimate of drug-likeness (QED) is 0.102. The van der Waals surface area contributed by atoms with E-state index in [2.05, 4.69) is 0 Å². The van der Waals surface area contributed by atoms with Crippen LogP contribution in [0.2, 0.25) is 0 Å². The molecule has 0 aliphatic heterocycles. The predicted octanol–water partition coefficient (Wildman–Crippen LogP) is 6.46. The SMILES string of the molecule is Cl.Cl.N=C(N)CCc1ccc(OCCCCCCCCCOc2ccc(CCC(=N)N)cc2)cc1. The molecule has 196 valence electrons. The Hall–Kier alpha value is -2.44. The number of aryl methyl sites for hydroxylation is 2. The van der Waals surface area contributed by atoms with Gasteiger partial charge in [0.25, 0.3) is 0 Å². The van der Waals surface area contributed by atoms with E-state index in [1.807, 2.05) is 48.5 Å². The van der Waals surface area contributed by atoms with Crippen molar-refractivity contribution < 1.29 is 9.47 Å². The maximum absolute atomic E-state index is 7.29. The van der Waals surface area contributed by atoms with Crippen LogP contribution >= 0.6 is 24.8 Å². The smallest absolute Gasteiger partial charge is 0.119 e. The van der Waals surface area contributed by atoms with E-state index in [1.165, 1.54) is 43.2 Å². The van der Waals surface area contributed by atoms with Gasteiger partial charge in [-0.05, 0) is 61.1 Å². The molecule has 0 unspecified atom stereocenters. The fourth-order valence-electron chi connectivity index (χ4n) is 3.53. The van der Waals surface area contributed by atoms with Crippen LogP contribution < -0.4 is 20.9 Å². The summed E-state index contributed by atoms with van der Waals surface area (Å²) in [6, 6.07) is 16.2. The number of nitrogens with one attached hydrogen (secondary N) is 2. The van der Waals surface area contributed by atoms with Gasteiger partial charge in [-0.25, -0.2) is 0 Å². The van der Waals surface area contributed by atoms with Crippen LogP contribution in [0.4, 0.5) is 0 Å². The van der Waals surface area contributed by atoms with Crippen molar-refractivity contribution >= 4 is 36.5 Å². The van der Waals surface area contributed by atoms with E-state index in [0.717, 1.165) is 50.4 Å². The van der Waals surface area contributed by atoms with Gasteiger partial charge in [0, 0.05) is 12.8 Å². The van der Waals surface area contributed by atoms with Crippen molar-refractivity contribution in [2.75, 3.05) is 13.2 Å².